The number of hydrogen-bond donors (Lipinski definition) is 0. The highest BCUT2D eigenvalue weighted by molar-refractivity contribution is 7.18. The van der Waals surface area contributed by atoms with Gasteiger partial charge >= 0.3 is 0 Å². The van der Waals surface area contributed by atoms with Crippen molar-refractivity contribution in [2.75, 3.05) is 4.90 Å². The van der Waals surface area contributed by atoms with Crippen LogP contribution in [0.15, 0.2) is 145 Å². The summed E-state index contributed by atoms with van der Waals surface area (Å²) >= 11 is 1.82. The highest BCUT2D eigenvalue weighted by Crippen LogP contribution is 2.40. The standard InChI is InChI=1S/C36H24N2S/c1-2-10-28(11-3-1)37(31-16-14-25-8-4-5-9-27(25)24-31)29-17-19-30(20-18-29)38-34-13-7-6-12-32(34)33-21-15-26-22-23-39-36(26)35(33)38/h1-24H. The number of benzene rings is 6. The molecule has 6 aromatic carbocycles. The van der Waals surface area contributed by atoms with Crippen LogP contribution in [0.25, 0.3) is 48.4 Å². The Labute approximate surface area is 230 Å². The van der Waals surface area contributed by atoms with E-state index in [2.05, 4.69) is 154 Å². The van der Waals surface area contributed by atoms with Gasteiger partial charge in [-0.2, -0.15) is 0 Å². The summed E-state index contributed by atoms with van der Waals surface area (Å²) in [6.07, 6.45) is 0. The first kappa shape index (κ1) is 22.2. The molecule has 2 heterocycles. The fourth-order valence-corrected chi connectivity index (χ4v) is 6.77. The summed E-state index contributed by atoms with van der Waals surface area (Å²) in [7, 11) is 0. The molecule has 0 radical (unpaired) electrons. The number of para-hydroxylation sites is 2. The monoisotopic (exact) mass is 516 g/mol. The first-order chi connectivity index (χ1) is 19.3. The van der Waals surface area contributed by atoms with Gasteiger partial charge in [-0.3, -0.25) is 0 Å². The maximum absolute atomic E-state index is 2.43. The van der Waals surface area contributed by atoms with Crippen LogP contribution >= 0.6 is 11.3 Å². The minimum absolute atomic E-state index is 1.13. The molecule has 0 N–H and O–H groups in total. The van der Waals surface area contributed by atoms with Crippen molar-refractivity contribution in [2.45, 2.75) is 0 Å². The second kappa shape index (κ2) is 8.87. The molecule has 0 atom stereocenters. The van der Waals surface area contributed by atoms with Crippen molar-refractivity contribution in [3.63, 3.8) is 0 Å². The number of hydrogen-bond acceptors (Lipinski definition) is 2. The summed E-state index contributed by atoms with van der Waals surface area (Å²) in [4.78, 5) is 2.33. The number of thiophene rings is 1. The maximum Gasteiger partial charge on any atom is 0.0719 e. The second-order valence-electron chi connectivity index (χ2n) is 9.87. The predicted octanol–water partition coefficient (Wildman–Crippen LogP) is 10.6. The van der Waals surface area contributed by atoms with Gasteiger partial charge in [-0.1, -0.05) is 78.9 Å². The second-order valence-corrected chi connectivity index (χ2v) is 10.8. The number of rotatable bonds is 4. The molecule has 2 nitrogen and oxygen atoms in total. The molecule has 0 bridgehead atoms. The Bertz CT molecular complexity index is 2120. The Kier molecular flexibility index (Phi) is 5.04. The van der Waals surface area contributed by atoms with E-state index in [-0.39, 0.29) is 0 Å². The van der Waals surface area contributed by atoms with E-state index in [1.54, 1.807) is 0 Å². The van der Waals surface area contributed by atoms with Crippen molar-refractivity contribution in [3.05, 3.63) is 145 Å². The third-order valence-corrected chi connectivity index (χ3v) is 8.56. The molecule has 3 heteroatoms. The summed E-state index contributed by atoms with van der Waals surface area (Å²) in [5.74, 6) is 0. The van der Waals surface area contributed by atoms with E-state index in [0.29, 0.717) is 0 Å². The molecule has 8 aromatic rings. The minimum Gasteiger partial charge on any atom is -0.310 e. The van der Waals surface area contributed by atoms with Gasteiger partial charge in [0.1, 0.15) is 0 Å². The Morgan fingerprint density at radius 1 is 0.487 bits per heavy atom. The quantitative estimate of drug-likeness (QED) is 0.226. The number of aromatic nitrogens is 1. The molecule has 0 aliphatic heterocycles. The number of fused-ring (bicyclic) bond motifs is 6. The van der Waals surface area contributed by atoms with Crippen LogP contribution in [0.4, 0.5) is 17.1 Å². The summed E-state index contributed by atoms with van der Waals surface area (Å²) in [6.45, 7) is 0. The van der Waals surface area contributed by atoms with Gasteiger partial charge in [-0.25, -0.2) is 0 Å². The average Bonchev–Trinajstić information content (AvgIpc) is 3.61. The molecule has 8 rings (SSSR count). The zero-order chi connectivity index (χ0) is 25.8. The van der Waals surface area contributed by atoms with Gasteiger partial charge in [-0.05, 0) is 82.2 Å². The molecular formula is C36H24N2S. The van der Waals surface area contributed by atoms with Gasteiger partial charge in [0.25, 0.3) is 0 Å². The molecule has 2 aromatic heterocycles. The lowest BCUT2D eigenvalue weighted by molar-refractivity contribution is 1.18. The van der Waals surface area contributed by atoms with Crippen molar-refractivity contribution in [2.24, 2.45) is 0 Å². The first-order valence-corrected chi connectivity index (χ1v) is 14.1. The summed E-state index contributed by atoms with van der Waals surface area (Å²) in [6, 6.07) is 50.3. The number of anilines is 3. The highest BCUT2D eigenvalue weighted by Gasteiger charge is 2.17. The van der Waals surface area contributed by atoms with Gasteiger partial charge in [0.15, 0.2) is 0 Å². The van der Waals surface area contributed by atoms with Gasteiger partial charge in [-0.15, -0.1) is 11.3 Å². The van der Waals surface area contributed by atoms with Gasteiger partial charge in [0, 0.05) is 33.5 Å². The first-order valence-electron chi connectivity index (χ1n) is 13.2. The normalized spacial score (nSPS) is 11.6. The van der Waals surface area contributed by atoms with E-state index in [0.717, 1.165) is 22.7 Å². The van der Waals surface area contributed by atoms with Crippen LogP contribution in [0.1, 0.15) is 0 Å². The fraction of sp³-hybridized carbons (Fsp3) is 0. The Hall–Kier alpha value is -4.86. The predicted molar refractivity (Wildman–Crippen MR) is 168 cm³/mol. The lowest BCUT2D eigenvalue weighted by Gasteiger charge is -2.26. The molecule has 0 unspecified atom stereocenters. The van der Waals surface area contributed by atoms with Crippen LogP contribution in [-0.4, -0.2) is 4.57 Å². The lowest BCUT2D eigenvalue weighted by atomic mass is 10.1. The van der Waals surface area contributed by atoms with Crippen molar-refractivity contribution in [1.82, 2.24) is 4.57 Å². The van der Waals surface area contributed by atoms with Crippen LogP contribution in [0, 0.1) is 0 Å². The van der Waals surface area contributed by atoms with Crippen LogP contribution in [-0.2, 0) is 0 Å². The van der Waals surface area contributed by atoms with Crippen LogP contribution in [0.5, 0.6) is 0 Å². The summed E-state index contributed by atoms with van der Waals surface area (Å²) in [5.41, 5.74) is 7.09. The summed E-state index contributed by atoms with van der Waals surface area (Å²) < 4.78 is 3.76. The van der Waals surface area contributed by atoms with Gasteiger partial charge in [0.05, 0.1) is 15.7 Å². The molecule has 0 aliphatic carbocycles. The lowest BCUT2D eigenvalue weighted by Crippen LogP contribution is -2.10. The fourth-order valence-electron chi connectivity index (χ4n) is 5.83. The molecule has 0 spiro atoms. The van der Waals surface area contributed by atoms with Crippen molar-refractivity contribution in [3.8, 4) is 5.69 Å². The van der Waals surface area contributed by atoms with Gasteiger partial charge in [0.2, 0.25) is 0 Å². The molecule has 0 amide bonds. The van der Waals surface area contributed by atoms with Crippen molar-refractivity contribution >= 4 is 71.1 Å². The third kappa shape index (κ3) is 3.55. The topological polar surface area (TPSA) is 8.17 Å². The van der Waals surface area contributed by atoms with Crippen LogP contribution in [0.3, 0.4) is 0 Å². The van der Waals surface area contributed by atoms with E-state index in [1.807, 2.05) is 11.3 Å². The zero-order valence-corrected chi connectivity index (χ0v) is 22.0. The Morgan fingerprint density at radius 2 is 1.18 bits per heavy atom. The van der Waals surface area contributed by atoms with E-state index in [4.69, 9.17) is 0 Å². The number of nitrogens with zero attached hydrogens (tertiary/aromatic N) is 2. The smallest absolute Gasteiger partial charge is 0.0719 e. The van der Waals surface area contributed by atoms with E-state index in [9.17, 15) is 0 Å². The molecule has 0 aliphatic rings. The third-order valence-electron chi connectivity index (χ3n) is 7.63. The molecule has 39 heavy (non-hydrogen) atoms. The maximum atomic E-state index is 2.43. The molecule has 184 valence electrons. The van der Waals surface area contributed by atoms with E-state index in [1.165, 1.54) is 42.7 Å². The highest BCUT2D eigenvalue weighted by atomic mass is 32.1. The van der Waals surface area contributed by atoms with Gasteiger partial charge < -0.3 is 9.47 Å². The van der Waals surface area contributed by atoms with Crippen LogP contribution in [0.2, 0.25) is 0 Å². The minimum atomic E-state index is 1.13. The van der Waals surface area contributed by atoms with E-state index < -0.39 is 0 Å². The average molecular weight is 517 g/mol. The Balaban J connectivity index is 1.32. The SMILES string of the molecule is c1ccc(N(c2ccc(-n3c4ccccc4c4ccc5ccsc5c43)cc2)c2ccc3ccccc3c2)cc1. The van der Waals surface area contributed by atoms with E-state index >= 15 is 0 Å². The summed E-state index contributed by atoms with van der Waals surface area (Å²) in [5, 5.41) is 8.55. The van der Waals surface area contributed by atoms with Crippen LogP contribution < -0.4 is 4.90 Å². The molecular weight excluding hydrogens is 492 g/mol. The molecule has 0 saturated heterocycles. The molecule has 0 fully saturated rings. The Morgan fingerprint density at radius 3 is 2.05 bits per heavy atom. The molecule has 0 saturated carbocycles. The largest absolute Gasteiger partial charge is 0.310 e. The van der Waals surface area contributed by atoms with Crippen molar-refractivity contribution < 1.29 is 0 Å². The van der Waals surface area contributed by atoms with Crippen molar-refractivity contribution in [1.29, 1.82) is 0 Å². The zero-order valence-electron chi connectivity index (χ0n) is 21.2.